The van der Waals surface area contributed by atoms with Crippen LogP contribution in [0.3, 0.4) is 0 Å². The lowest BCUT2D eigenvalue weighted by atomic mass is 10.1. The third kappa shape index (κ3) is 4.01. The SMILES string of the molecule is Nc1ncc(Cl)cc1C(N)CSc1cccc(Cl)c1. The van der Waals surface area contributed by atoms with Crippen molar-refractivity contribution in [2.75, 3.05) is 11.5 Å². The maximum atomic E-state index is 6.12. The van der Waals surface area contributed by atoms with Crippen molar-refractivity contribution in [2.24, 2.45) is 5.73 Å². The van der Waals surface area contributed by atoms with Crippen molar-refractivity contribution < 1.29 is 0 Å². The number of nitrogen functional groups attached to an aromatic ring is 1. The number of anilines is 1. The molecule has 0 saturated carbocycles. The Hall–Kier alpha value is -0.940. The predicted octanol–water partition coefficient (Wildman–Crippen LogP) is 3.76. The number of aromatic nitrogens is 1. The van der Waals surface area contributed by atoms with E-state index in [1.165, 1.54) is 6.20 Å². The number of hydrogen-bond acceptors (Lipinski definition) is 4. The van der Waals surface area contributed by atoms with Crippen molar-refractivity contribution in [3.8, 4) is 0 Å². The summed E-state index contributed by atoms with van der Waals surface area (Å²) in [5, 5.41) is 1.25. The van der Waals surface area contributed by atoms with E-state index in [9.17, 15) is 0 Å². The molecule has 0 spiro atoms. The molecule has 6 heteroatoms. The van der Waals surface area contributed by atoms with Crippen molar-refractivity contribution >= 4 is 40.8 Å². The zero-order chi connectivity index (χ0) is 13.8. The van der Waals surface area contributed by atoms with E-state index in [4.69, 9.17) is 34.7 Å². The number of rotatable bonds is 4. The summed E-state index contributed by atoms with van der Waals surface area (Å²) in [6, 6.07) is 9.17. The van der Waals surface area contributed by atoms with Gasteiger partial charge in [0.2, 0.25) is 0 Å². The molecule has 0 aliphatic rings. The van der Waals surface area contributed by atoms with Gasteiger partial charge in [-0.25, -0.2) is 4.98 Å². The molecule has 2 rings (SSSR count). The third-order valence-corrected chi connectivity index (χ3v) is 4.10. The summed E-state index contributed by atoms with van der Waals surface area (Å²) in [4.78, 5) is 5.07. The topological polar surface area (TPSA) is 64.9 Å². The average Bonchev–Trinajstić information content (AvgIpc) is 2.39. The summed E-state index contributed by atoms with van der Waals surface area (Å²) in [5.74, 6) is 1.09. The van der Waals surface area contributed by atoms with Crippen LogP contribution < -0.4 is 11.5 Å². The van der Waals surface area contributed by atoms with Gasteiger partial charge in [-0.2, -0.15) is 0 Å². The number of hydrogen-bond donors (Lipinski definition) is 2. The molecule has 2 aromatic rings. The monoisotopic (exact) mass is 313 g/mol. The van der Waals surface area contributed by atoms with Crippen molar-refractivity contribution in [2.45, 2.75) is 10.9 Å². The van der Waals surface area contributed by atoms with Crippen LogP contribution in [-0.2, 0) is 0 Å². The minimum atomic E-state index is -0.227. The Balaban J connectivity index is 2.05. The van der Waals surface area contributed by atoms with Gasteiger partial charge in [-0.15, -0.1) is 11.8 Å². The zero-order valence-electron chi connectivity index (χ0n) is 10.0. The van der Waals surface area contributed by atoms with Gasteiger partial charge < -0.3 is 11.5 Å². The predicted molar refractivity (Wildman–Crippen MR) is 82.8 cm³/mol. The molecule has 1 aromatic heterocycles. The molecule has 0 saturated heterocycles. The normalized spacial score (nSPS) is 12.4. The van der Waals surface area contributed by atoms with Crippen LogP contribution in [0, 0.1) is 0 Å². The molecule has 0 bridgehead atoms. The van der Waals surface area contributed by atoms with Crippen LogP contribution >= 0.6 is 35.0 Å². The van der Waals surface area contributed by atoms with Gasteiger partial charge in [0.25, 0.3) is 0 Å². The van der Waals surface area contributed by atoms with Gasteiger partial charge in [-0.1, -0.05) is 29.3 Å². The molecular weight excluding hydrogens is 301 g/mol. The molecule has 0 radical (unpaired) electrons. The molecule has 0 aliphatic carbocycles. The Morgan fingerprint density at radius 3 is 2.74 bits per heavy atom. The molecular formula is C13H13Cl2N3S. The van der Waals surface area contributed by atoms with Crippen LogP contribution in [0.15, 0.2) is 41.4 Å². The van der Waals surface area contributed by atoms with E-state index in [-0.39, 0.29) is 6.04 Å². The number of nitrogens with two attached hydrogens (primary N) is 2. The second kappa shape index (κ2) is 6.48. The van der Waals surface area contributed by atoms with Gasteiger partial charge in [0.15, 0.2) is 0 Å². The van der Waals surface area contributed by atoms with Gasteiger partial charge in [0.05, 0.1) is 5.02 Å². The first-order chi connectivity index (χ1) is 9.06. The van der Waals surface area contributed by atoms with Crippen molar-refractivity contribution in [1.82, 2.24) is 4.98 Å². The fourth-order valence-corrected chi connectivity index (χ4v) is 2.95. The van der Waals surface area contributed by atoms with E-state index in [1.807, 2.05) is 24.3 Å². The van der Waals surface area contributed by atoms with Crippen LogP contribution in [0.5, 0.6) is 0 Å². The Bertz CT molecular complexity index is 578. The van der Waals surface area contributed by atoms with Gasteiger partial charge in [0.1, 0.15) is 5.82 Å². The number of pyridine rings is 1. The average molecular weight is 314 g/mol. The van der Waals surface area contributed by atoms with E-state index < -0.39 is 0 Å². The highest BCUT2D eigenvalue weighted by Gasteiger charge is 2.12. The molecule has 100 valence electrons. The van der Waals surface area contributed by atoms with Crippen LogP contribution in [0.25, 0.3) is 0 Å². The highest BCUT2D eigenvalue weighted by atomic mass is 35.5. The minimum absolute atomic E-state index is 0.227. The van der Waals surface area contributed by atoms with E-state index in [2.05, 4.69) is 4.98 Å². The maximum absolute atomic E-state index is 6.12. The summed E-state index contributed by atoms with van der Waals surface area (Å²) < 4.78 is 0. The quantitative estimate of drug-likeness (QED) is 0.843. The Labute approximate surface area is 126 Å². The van der Waals surface area contributed by atoms with Gasteiger partial charge in [-0.3, -0.25) is 0 Å². The van der Waals surface area contributed by atoms with Crippen LogP contribution in [0.2, 0.25) is 10.0 Å². The molecule has 0 fully saturated rings. The molecule has 0 aliphatic heterocycles. The summed E-state index contributed by atoms with van der Waals surface area (Å²) >= 11 is 13.4. The lowest BCUT2D eigenvalue weighted by Crippen LogP contribution is -2.15. The fraction of sp³-hybridized carbons (Fsp3) is 0.154. The minimum Gasteiger partial charge on any atom is -0.383 e. The largest absolute Gasteiger partial charge is 0.383 e. The Morgan fingerprint density at radius 2 is 2.00 bits per heavy atom. The fourth-order valence-electron chi connectivity index (χ4n) is 1.60. The van der Waals surface area contributed by atoms with E-state index in [0.717, 1.165) is 10.5 Å². The summed E-state index contributed by atoms with van der Waals surface area (Å²) in [6.07, 6.45) is 1.51. The second-order valence-electron chi connectivity index (χ2n) is 4.00. The Kier molecular flexibility index (Phi) is 4.93. The lowest BCUT2D eigenvalue weighted by molar-refractivity contribution is 0.828. The van der Waals surface area contributed by atoms with E-state index in [0.29, 0.717) is 21.6 Å². The molecule has 3 nitrogen and oxygen atoms in total. The number of thioether (sulfide) groups is 1. The number of benzene rings is 1. The first-order valence-corrected chi connectivity index (χ1v) is 7.35. The molecule has 1 unspecified atom stereocenters. The maximum Gasteiger partial charge on any atom is 0.128 e. The van der Waals surface area contributed by atoms with Crippen LogP contribution in [0.1, 0.15) is 11.6 Å². The van der Waals surface area contributed by atoms with Gasteiger partial charge >= 0.3 is 0 Å². The summed E-state index contributed by atoms with van der Waals surface area (Å²) in [6.45, 7) is 0. The Morgan fingerprint density at radius 1 is 1.21 bits per heavy atom. The summed E-state index contributed by atoms with van der Waals surface area (Å²) in [7, 11) is 0. The van der Waals surface area contributed by atoms with Crippen LogP contribution in [0.4, 0.5) is 5.82 Å². The number of nitrogens with zero attached hydrogens (tertiary/aromatic N) is 1. The van der Waals surface area contributed by atoms with Crippen molar-refractivity contribution in [3.05, 3.63) is 52.1 Å². The first-order valence-electron chi connectivity index (χ1n) is 5.61. The lowest BCUT2D eigenvalue weighted by Gasteiger charge is -2.13. The molecule has 1 aromatic carbocycles. The highest BCUT2D eigenvalue weighted by molar-refractivity contribution is 7.99. The smallest absolute Gasteiger partial charge is 0.128 e. The zero-order valence-corrected chi connectivity index (χ0v) is 12.3. The van der Waals surface area contributed by atoms with Gasteiger partial charge in [0, 0.05) is 33.5 Å². The highest BCUT2D eigenvalue weighted by Crippen LogP contribution is 2.28. The van der Waals surface area contributed by atoms with E-state index >= 15 is 0 Å². The molecule has 0 amide bonds. The second-order valence-corrected chi connectivity index (χ2v) is 5.97. The molecule has 1 atom stereocenters. The molecule has 19 heavy (non-hydrogen) atoms. The number of halogens is 2. The van der Waals surface area contributed by atoms with Crippen molar-refractivity contribution in [1.29, 1.82) is 0 Å². The van der Waals surface area contributed by atoms with Crippen molar-refractivity contribution in [3.63, 3.8) is 0 Å². The standard InChI is InChI=1S/C13H13Cl2N3S/c14-8-2-1-3-10(4-8)19-7-12(16)11-5-9(15)6-18-13(11)17/h1-6,12H,7,16H2,(H2,17,18). The molecule has 4 N–H and O–H groups in total. The van der Waals surface area contributed by atoms with E-state index in [1.54, 1.807) is 17.8 Å². The summed E-state index contributed by atoms with van der Waals surface area (Å²) in [5.41, 5.74) is 12.7. The first kappa shape index (κ1) is 14.5. The van der Waals surface area contributed by atoms with Crippen LogP contribution in [-0.4, -0.2) is 10.7 Å². The van der Waals surface area contributed by atoms with Gasteiger partial charge in [-0.05, 0) is 24.3 Å². The third-order valence-electron chi connectivity index (χ3n) is 2.54. The molecule has 1 heterocycles.